The number of aryl methyl sites for hydroxylation is 2. The van der Waals surface area contributed by atoms with E-state index in [2.05, 4.69) is 15.3 Å². The van der Waals surface area contributed by atoms with Crippen LogP contribution in [0.25, 0.3) is 10.2 Å². The fourth-order valence-electron chi connectivity index (χ4n) is 3.24. The van der Waals surface area contributed by atoms with Gasteiger partial charge in [-0.05, 0) is 37.3 Å². The molecule has 0 saturated heterocycles. The predicted octanol–water partition coefficient (Wildman–Crippen LogP) is 3.50. The van der Waals surface area contributed by atoms with Gasteiger partial charge in [-0.25, -0.2) is 4.98 Å². The summed E-state index contributed by atoms with van der Waals surface area (Å²) >= 11 is 2.69. The smallest absolute Gasteiger partial charge is 0.271 e. The van der Waals surface area contributed by atoms with Crippen molar-refractivity contribution < 1.29 is 9.72 Å². The summed E-state index contributed by atoms with van der Waals surface area (Å²) < 4.78 is 0. The largest absolute Gasteiger partial charge is 0.325 e. The quantitative estimate of drug-likeness (QED) is 0.284. The molecular weight excluding hydrogens is 400 g/mol. The first-order chi connectivity index (χ1) is 13.5. The highest BCUT2D eigenvalue weighted by Crippen LogP contribution is 2.34. The topological polar surface area (TPSA) is 118 Å². The Kier molecular flexibility index (Phi) is 5.14. The number of aromatic amines is 1. The fourth-order valence-corrected chi connectivity index (χ4v) is 5.22. The summed E-state index contributed by atoms with van der Waals surface area (Å²) in [7, 11) is 0. The van der Waals surface area contributed by atoms with Crippen LogP contribution in [0.5, 0.6) is 0 Å². The Bertz CT molecular complexity index is 1140. The highest BCUT2D eigenvalue weighted by atomic mass is 32.2. The summed E-state index contributed by atoms with van der Waals surface area (Å²) in [4.78, 5) is 44.2. The van der Waals surface area contributed by atoms with Crippen LogP contribution in [0, 0.1) is 10.1 Å². The minimum absolute atomic E-state index is 0.0300. The monoisotopic (exact) mass is 416 g/mol. The molecule has 0 saturated carbocycles. The maximum absolute atomic E-state index is 12.5. The molecule has 4 rings (SSSR count). The van der Waals surface area contributed by atoms with Gasteiger partial charge in [0.25, 0.3) is 11.2 Å². The van der Waals surface area contributed by atoms with Gasteiger partial charge < -0.3 is 10.3 Å². The number of nitrogens with one attached hydrogen (secondary N) is 2. The van der Waals surface area contributed by atoms with Gasteiger partial charge in [0.05, 0.1) is 16.1 Å². The second-order valence-electron chi connectivity index (χ2n) is 6.41. The van der Waals surface area contributed by atoms with Crippen LogP contribution in [0.1, 0.15) is 23.3 Å². The van der Waals surface area contributed by atoms with Gasteiger partial charge in [0.15, 0.2) is 5.16 Å². The average molecular weight is 416 g/mol. The molecule has 0 aliphatic heterocycles. The normalized spacial score (nSPS) is 13.3. The number of H-pyrrole nitrogens is 1. The van der Waals surface area contributed by atoms with E-state index < -0.39 is 4.92 Å². The highest BCUT2D eigenvalue weighted by Gasteiger charge is 2.20. The van der Waals surface area contributed by atoms with Crippen molar-refractivity contribution in [1.82, 2.24) is 9.97 Å². The lowest BCUT2D eigenvalue weighted by Gasteiger charge is -2.09. The average Bonchev–Trinajstić information content (AvgIpc) is 3.05. The van der Waals surface area contributed by atoms with Crippen LogP contribution >= 0.6 is 23.1 Å². The molecule has 1 aromatic carbocycles. The Morgan fingerprint density at radius 3 is 3.00 bits per heavy atom. The van der Waals surface area contributed by atoms with Gasteiger partial charge in [-0.2, -0.15) is 0 Å². The van der Waals surface area contributed by atoms with Gasteiger partial charge in [-0.3, -0.25) is 19.7 Å². The van der Waals surface area contributed by atoms with E-state index in [-0.39, 0.29) is 22.9 Å². The number of hydrogen-bond donors (Lipinski definition) is 2. The first kappa shape index (κ1) is 18.6. The number of carbonyl (C=O) groups excluding carboxylic acids is 1. The van der Waals surface area contributed by atoms with E-state index in [0.717, 1.165) is 47.8 Å². The number of nitro groups is 1. The lowest BCUT2D eigenvalue weighted by molar-refractivity contribution is -0.384. The minimum atomic E-state index is -0.519. The van der Waals surface area contributed by atoms with Crippen molar-refractivity contribution in [3.05, 3.63) is 55.2 Å². The van der Waals surface area contributed by atoms with Gasteiger partial charge in [0, 0.05) is 22.7 Å². The molecule has 0 atom stereocenters. The molecule has 28 heavy (non-hydrogen) atoms. The Hall–Kier alpha value is -2.72. The highest BCUT2D eigenvalue weighted by molar-refractivity contribution is 7.99. The van der Waals surface area contributed by atoms with Crippen molar-refractivity contribution in [2.24, 2.45) is 0 Å². The SMILES string of the molecule is O=C(CSc1nc2sc3c(c2c(=O)[nH]1)CCCC3)Nc1cccc([N+](=O)[O-])c1. The Balaban J connectivity index is 1.47. The zero-order valence-corrected chi connectivity index (χ0v) is 16.3. The van der Waals surface area contributed by atoms with E-state index in [1.165, 1.54) is 23.1 Å². The minimum Gasteiger partial charge on any atom is -0.325 e. The fraction of sp³-hybridized carbons (Fsp3) is 0.278. The summed E-state index contributed by atoms with van der Waals surface area (Å²) in [6.07, 6.45) is 4.13. The van der Waals surface area contributed by atoms with Crippen LogP contribution in [-0.2, 0) is 17.6 Å². The Morgan fingerprint density at radius 1 is 1.36 bits per heavy atom. The van der Waals surface area contributed by atoms with E-state index >= 15 is 0 Å². The number of nitrogens with zero attached hydrogens (tertiary/aromatic N) is 2. The van der Waals surface area contributed by atoms with Gasteiger partial charge in [-0.1, -0.05) is 17.8 Å². The molecule has 3 aromatic rings. The zero-order chi connectivity index (χ0) is 19.7. The standard InChI is InChI=1S/C18H16N4O4S2/c23-14(19-10-4-3-5-11(8-10)22(25)26)9-27-18-20-16(24)15-12-6-1-2-7-13(12)28-17(15)21-18/h3-5,8H,1-2,6-7,9H2,(H,19,23)(H,20,21,24). The van der Waals surface area contributed by atoms with Crippen LogP contribution in [0.2, 0.25) is 0 Å². The van der Waals surface area contributed by atoms with Gasteiger partial charge >= 0.3 is 0 Å². The van der Waals surface area contributed by atoms with E-state index in [9.17, 15) is 19.7 Å². The number of amides is 1. The Labute approximate surface area is 167 Å². The molecule has 10 heteroatoms. The number of aromatic nitrogens is 2. The molecule has 2 heterocycles. The van der Waals surface area contributed by atoms with Crippen LogP contribution in [0.3, 0.4) is 0 Å². The third-order valence-corrected chi connectivity index (χ3v) is 6.54. The first-order valence-corrected chi connectivity index (χ1v) is 10.5. The van der Waals surface area contributed by atoms with Crippen LogP contribution in [0.15, 0.2) is 34.2 Å². The molecular formula is C18H16N4O4S2. The summed E-state index contributed by atoms with van der Waals surface area (Å²) in [5.74, 6) is -0.305. The van der Waals surface area contributed by atoms with Crippen molar-refractivity contribution in [3.63, 3.8) is 0 Å². The third kappa shape index (κ3) is 3.78. The van der Waals surface area contributed by atoms with Crippen molar-refractivity contribution in [2.75, 3.05) is 11.1 Å². The molecule has 2 aromatic heterocycles. The summed E-state index contributed by atoms with van der Waals surface area (Å²) in [5, 5.41) is 14.5. The molecule has 0 unspecified atom stereocenters. The lowest BCUT2D eigenvalue weighted by atomic mass is 9.97. The van der Waals surface area contributed by atoms with Gasteiger partial charge in [0.2, 0.25) is 5.91 Å². The maximum atomic E-state index is 12.5. The second kappa shape index (κ2) is 7.72. The van der Waals surface area contributed by atoms with Crippen LogP contribution in [0.4, 0.5) is 11.4 Å². The number of non-ortho nitro benzene ring substituents is 1. The first-order valence-electron chi connectivity index (χ1n) is 8.73. The summed E-state index contributed by atoms with van der Waals surface area (Å²) in [6, 6.07) is 5.74. The van der Waals surface area contributed by atoms with Crippen molar-refractivity contribution in [2.45, 2.75) is 30.8 Å². The molecule has 0 bridgehead atoms. The number of rotatable bonds is 5. The number of nitro benzene ring substituents is 1. The van der Waals surface area contributed by atoms with Crippen molar-refractivity contribution >= 4 is 50.6 Å². The number of carbonyl (C=O) groups is 1. The number of fused-ring (bicyclic) bond motifs is 3. The second-order valence-corrected chi connectivity index (χ2v) is 8.45. The van der Waals surface area contributed by atoms with Crippen molar-refractivity contribution in [1.29, 1.82) is 0 Å². The number of thiophene rings is 1. The van der Waals surface area contributed by atoms with E-state index in [4.69, 9.17) is 0 Å². The Morgan fingerprint density at radius 2 is 2.18 bits per heavy atom. The van der Waals surface area contributed by atoms with E-state index in [1.807, 2.05) is 0 Å². The van der Waals surface area contributed by atoms with E-state index in [1.54, 1.807) is 17.4 Å². The molecule has 0 fully saturated rings. The lowest BCUT2D eigenvalue weighted by Crippen LogP contribution is -2.15. The molecule has 0 radical (unpaired) electrons. The maximum Gasteiger partial charge on any atom is 0.271 e. The number of hydrogen-bond acceptors (Lipinski definition) is 7. The zero-order valence-electron chi connectivity index (χ0n) is 14.7. The van der Waals surface area contributed by atoms with E-state index in [0.29, 0.717) is 16.2 Å². The molecule has 144 valence electrons. The third-order valence-electron chi connectivity index (χ3n) is 4.48. The molecule has 1 amide bonds. The van der Waals surface area contributed by atoms with Crippen LogP contribution < -0.4 is 10.9 Å². The van der Waals surface area contributed by atoms with Crippen molar-refractivity contribution in [3.8, 4) is 0 Å². The number of thioether (sulfide) groups is 1. The number of benzene rings is 1. The number of anilines is 1. The molecule has 1 aliphatic rings. The molecule has 1 aliphatic carbocycles. The molecule has 2 N–H and O–H groups in total. The molecule has 0 spiro atoms. The van der Waals surface area contributed by atoms with Gasteiger partial charge in [-0.15, -0.1) is 11.3 Å². The predicted molar refractivity (Wildman–Crippen MR) is 109 cm³/mol. The summed E-state index contributed by atoms with van der Waals surface area (Å²) in [5.41, 5.74) is 1.22. The summed E-state index contributed by atoms with van der Waals surface area (Å²) in [6.45, 7) is 0. The van der Waals surface area contributed by atoms with Gasteiger partial charge in [0.1, 0.15) is 4.83 Å². The molecule has 8 nitrogen and oxygen atoms in total. The van der Waals surface area contributed by atoms with Crippen LogP contribution in [-0.4, -0.2) is 26.6 Å².